The van der Waals surface area contributed by atoms with E-state index in [9.17, 15) is 4.79 Å². The van der Waals surface area contributed by atoms with Crippen LogP contribution in [0.3, 0.4) is 0 Å². The Hall–Kier alpha value is -1.77. The maximum Gasteiger partial charge on any atom is 0.410 e. The van der Waals surface area contributed by atoms with Gasteiger partial charge in [0.15, 0.2) is 0 Å². The van der Waals surface area contributed by atoms with Crippen molar-refractivity contribution in [3.63, 3.8) is 0 Å². The van der Waals surface area contributed by atoms with Crippen LogP contribution in [0.2, 0.25) is 0 Å². The van der Waals surface area contributed by atoms with E-state index in [0.717, 1.165) is 12.8 Å². The van der Waals surface area contributed by atoms with Crippen LogP contribution in [0.5, 0.6) is 0 Å². The highest BCUT2D eigenvalue weighted by molar-refractivity contribution is 5.68. The molecule has 1 aromatic carbocycles. The lowest BCUT2D eigenvalue weighted by Crippen LogP contribution is -2.38. The number of hydrogen-bond donors (Lipinski definition) is 0. The highest BCUT2D eigenvalue weighted by Crippen LogP contribution is 2.11. The summed E-state index contributed by atoms with van der Waals surface area (Å²) in [6.07, 6.45) is 3.30. The fourth-order valence-corrected chi connectivity index (χ4v) is 1.95. The minimum atomic E-state index is -0.473. The Morgan fingerprint density at radius 2 is 1.81 bits per heavy atom. The molecule has 1 rings (SSSR count). The standard InChI is InChI=1S/C18H27NO2/c1-6-13-19(17(20)21-18(3,4)5)14-12-16-10-8-15(7-2)9-11-16/h6,8-11H,1,7,12-14H2,2-5H3. The zero-order chi connectivity index (χ0) is 15.9. The van der Waals surface area contributed by atoms with Gasteiger partial charge in [-0.1, -0.05) is 37.3 Å². The number of carbonyl (C=O) groups is 1. The van der Waals surface area contributed by atoms with Gasteiger partial charge in [-0.05, 0) is 44.7 Å². The summed E-state index contributed by atoms with van der Waals surface area (Å²) in [5.41, 5.74) is 2.08. The summed E-state index contributed by atoms with van der Waals surface area (Å²) in [4.78, 5) is 13.8. The highest BCUT2D eigenvalue weighted by Gasteiger charge is 2.21. The van der Waals surface area contributed by atoms with Crippen molar-refractivity contribution in [1.29, 1.82) is 0 Å². The van der Waals surface area contributed by atoms with E-state index in [0.29, 0.717) is 13.1 Å². The Kier molecular flexibility index (Phi) is 6.47. The second-order valence-corrected chi connectivity index (χ2v) is 6.14. The third-order valence-corrected chi connectivity index (χ3v) is 3.10. The van der Waals surface area contributed by atoms with Crippen molar-refractivity contribution in [3.05, 3.63) is 48.0 Å². The van der Waals surface area contributed by atoms with Gasteiger partial charge in [-0.2, -0.15) is 0 Å². The maximum atomic E-state index is 12.1. The Labute approximate surface area is 128 Å². The molecule has 0 fully saturated rings. The van der Waals surface area contributed by atoms with E-state index in [2.05, 4.69) is 37.8 Å². The molecule has 21 heavy (non-hydrogen) atoms. The van der Waals surface area contributed by atoms with Crippen molar-refractivity contribution in [3.8, 4) is 0 Å². The van der Waals surface area contributed by atoms with Gasteiger partial charge in [0.1, 0.15) is 5.60 Å². The largest absolute Gasteiger partial charge is 0.444 e. The first kappa shape index (κ1) is 17.3. The number of benzene rings is 1. The quantitative estimate of drug-likeness (QED) is 0.734. The van der Waals surface area contributed by atoms with Gasteiger partial charge in [0.2, 0.25) is 0 Å². The Bertz CT molecular complexity index is 457. The summed E-state index contributed by atoms with van der Waals surface area (Å²) >= 11 is 0. The molecular weight excluding hydrogens is 262 g/mol. The van der Waals surface area contributed by atoms with E-state index in [1.165, 1.54) is 11.1 Å². The molecule has 0 bridgehead atoms. The van der Waals surface area contributed by atoms with Gasteiger partial charge in [-0.15, -0.1) is 6.58 Å². The summed E-state index contributed by atoms with van der Waals surface area (Å²) in [7, 11) is 0. The minimum absolute atomic E-state index is 0.285. The predicted octanol–water partition coefficient (Wildman–Crippen LogP) is 4.21. The zero-order valence-electron chi connectivity index (χ0n) is 13.7. The molecule has 116 valence electrons. The average molecular weight is 289 g/mol. The van der Waals surface area contributed by atoms with Gasteiger partial charge in [0.05, 0.1) is 0 Å². The number of hydrogen-bond acceptors (Lipinski definition) is 2. The van der Waals surface area contributed by atoms with Crippen molar-refractivity contribution in [2.45, 2.75) is 46.1 Å². The molecule has 0 aliphatic heterocycles. The van der Waals surface area contributed by atoms with E-state index in [1.807, 2.05) is 20.8 Å². The van der Waals surface area contributed by atoms with Gasteiger partial charge in [-0.25, -0.2) is 4.79 Å². The normalized spacial score (nSPS) is 11.0. The fourth-order valence-electron chi connectivity index (χ4n) is 1.95. The van der Waals surface area contributed by atoms with Crippen LogP contribution in [0.1, 0.15) is 38.8 Å². The van der Waals surface area contributed by atoms with E-state index >= 15 is 0 Å². The molecule has 0 saturated carbocycles. The van der Waals surface area contributed by atoms with Crippen LogP contribution in [0, 0.1) is 0 Å². The third kappa shape index (κ3) is 6.48. The van der Waals surface area contributed by atoms with Gasteiger partial charge >= 0.3 is 6.09 Å². The van der Waals surface area contributed by atoms with E-state index in [-0.39, 0.29) is 6.09 Å². The molecular formula is C18H27NO2. The minimum Gasteiger partial charge on any atom is -0.444 e. The van der Waals surface area contributed by atoms with E-state index in [4.69, 9.17) is 4.74 Å². The molecule has 0 aliphatic rings. The van der Waals surface area contributed by atoms with E-state index < -0.39 is 5.60 Å². The molecule has 0 aromatic heterocycles. The first-order chi connectivity index (χ1) is 9.85. The molecule has 0 saturated heterocycles. The van der Waals surface area contributed by atoms with Crippen LogP contribution in [-0.4, -0.2) is 29.7 Å². The number of carbonyl (C=O) groups excluding carboxylic acids is 1. The van der Waals surface area contributed by atoms with Gasteiger partial charge < -0.3 is 9.64 Å². The van der Waals surface area contributed by atoms with Crippen molar-refractivity contribution in [2.75, 3.05) is 13.1 Å². The first-order valence-corrected chi connectivity index (χ1v) is 7.52. The fraction of sp³-hybridized carbons (Fsp3) is 0.500. The summed E-state index contributed by atoms with van der Waals surface area (Å²) in [5, 5.41) is 0. The molecule has 0 unspecified atom stereocenters. The molecule has 3 heteroatoms. The molecule has 0 aliphatic carbocycles. The van der Waals surface area contributed by atoms with Gasteiger partial charge in [-0.3, -0.25) is 0 Å². The first-order valence-electron chi connectivity index (χ1n) is 7.52. The summed E-state index contributed by atoms with van der Waals surface area (Å²) < 4.78 is 5.42. The van der Waals surface area contributed by atoms with Crippen LogP contribution in [0.15, 0.2) is 36.9 Å². The van der Waals surface area contributed by atoms with Crippen LogP contribution in [-0.2, 0) is 17.6 Å². The van der Waals surface area contributed by atoms with Crippen molar-refractivity contribution in [1.82, 2.24) is 4.90 Å². The average Bonchev–Trinajstić information content (AvgIpc) is 2.42. The highest BCUT2D eigenvalue weighted by atomic mass is 16.6. The Balaban J connectivity index is 2.61. The summed E-state index contributed by atoms with van der Waals surface area (Å²) in [6.45, 7) is 12.6. The third-order valence-electron chi connectivity index (χ3n) is 3.10. The number of amides is 1. The number of aryl methyl sites for hydroxylation is 1. The van der Waals surface area contributed by atoms with E-state index in [1.54, 1.807) is 11.0 Å². The molecule has 0 atom stereocenters. The zero-order valence-corrected chi connectivity index (χ0v) is 13.7. The van der Waals surface area contributed by atoms with Crippen molar-refractivity contribution < 1.29 is 9.53 Å². The van der Waals surface area contributed by atoms with Crippen LogP contribution < -0.4 is 0 Å². The Morgan fingerprint density at radius 1 is 1.24 bits per heavy atom. The molecule has 0 spiro atoms. The molecule has 0 radical (unpaired) electrons. The van der Waals surface area contributed by atoms with Crippen molar-refractivity contribution >= 4 is 6.09 Å². The SMILES string of the molecule is C=CCN(CCc1ccc(CC)cc1)C(=O)OC(C)(C)C. The van der Waals surface area contributed by atoms with Crippen LogP contribution >= 0.6 is 0 Å². The molecule has 3 nitrogen and oxygen atoms in total. The predicted molar refractivity (Wildman–Crippen MR) is 87.5 cm³/mol. The maximum absolute atomic E-state index is 12.1. The lowest BCUT2D eigenvalue weighted by atomic mass is 10.1. The van der Waals surface area contributed by atoms with Gasteiger partial charge in [0.25, 0.3) is 0 Å². The molecule has 0 heterocycles. The number of rotatable bonds is 6. The monoisotopic (exact) mass is 289 g/mol. The van der Waals surface area contributed by atoms with Gasteiger partial charge in [0, 0.05) is 13.1 Å². The lowest BCUT2D eigenvalue weighted by Gasteiger charge is -2.26. The number of ether oxygens (including phenoxy) is 1. The molecule has 1 aromatic rings. The van der Waals surface area contributed by atoms with Crippen LogP contribution in [0.25, 0.3) is 0 Å². The Morgan fingerprint density at radius 3 is 2.29 bits per heavy atom. The summed E-state index contributed by atoms with van der Waals surface area (Å²) in [5.74, 6) is 0. The number of nitrogens with zero attached hydrogens (tertiary/aromatic N) is 1. The van der Waals surface area contributed by atoms with Crippen LogP contribution in [0.4, 0.5) is 4.79 Å². The lowest BCUT2D eigenvalue weighted by molar-refractivity contribution is 0.0274. The summed E-state index contributed by atoms with van der Waals surface area (Å²) in [6, 6.07) is 8.53. The topological polar surface area (TPSA) is 29.5 Å². The van der Waals surface area contributed by atoms with Crippen molar-refractivity contribution in [2.24, 2.45) is 0 Å². The molecule has 0 N–H and O–H groups in total. The smallest absolute Gasteiger partial charge is 0.410 e. The second kappa shape index (κ2) is 7.87. The molecule has 1 amide bonds. The second-order valence-electron chi connectivity index (χ2n) is 6.14.